The van der Waals surface area contributed by atoms with Crippen LogP contribution in [0.5, 0.6) is 0 Å². The third-order valence-corrected chi connectivity index (χ3v) is 4.68. The lowest BCUT2D eigenvalue weighted by Gasteiger charge is -2.28. The van der Waals surface area contributed by atoms with Gasteiger partial charge >= 0.3 is 0 Å². The number of carbonyl (C=O) groups excluding carboxylic acids is 3. The molecule has 0 bridgehead atoms. The van der Waals surface area contributed by atoms with Gasteiger partial charge in [-0.1, -0.05) is 26.0 Å². The second-order valence-electron chi connectivity index (χ2n) is 6.96. The average Bonchev–Trinajstić information content (AvgIpc) is 2.89. The van der Waals surface area contributed by atoms with Gasteiger partial charge in [0, 0.05) is 17.8 Å². The number of non-ortho nitro benzene ring substituents is 1. The fraction of sp³-hybridized carbons (Fsp3) is 0.250. The molecule has 1 atom stereocenters. The number of nitro benzene ring substituents is 1. The minimum Gasteiger partial charge on any atom is -0.324 e. The van der Waals surface area contributed by atoms with Crippen molar-refractivity contribution in [3.05, 3.63) is 69.3 Å². The number of imide groups is 1. The van der Waals surface area contributed by atoms with E-state index >= 15 is 0 Å². The predicted molar refractivity (Wildman–Crippen MR) is 102 cm³/mol. The lowest BCUT2D eigenvalue weighted by molar-refractivity contribution is -0.384. The molecule has 2 aromatic rings. The summed E-state index contributed by atoms with van der Waals surface area (Å²) in [7, 11) is 0. The highest BCUT2D eigenvalue weighted by molar-refractivity contribution is 6.23. The summed E-state index contributed by atoms with van der Waals surface area (Å²) in [5, 5.41) is 13.6. The first-order chi connectivity index (χ1) is 13.2. The van der Waals surface area contributed by atoms with Crippen molar-refractivity contribution in [3.8, 4) is 0 Å². The Balaban J connectivity index is 1.90. The number of nitrogens with one attached hydrogen (secondary N) is 1. The van der Waals surface area contributed by atoms with E-state index in [1.54, 1.807) is 45.0 Å². The van der Waals surface area contributed by atoms with Crippen LogP contribution < -0.4 is 5.32 Å². The third kappa shape index (κ3) is 3.24. The molecule has 8 nitrogen and oxygen atoms in total. The molecule has 0 saturated heterocycles. The zero-order valence-electron chi connectivity index (χ0n) is 15.6. The summed E-state index contributed by atoms with van der Waals surface area (Å²) in [5.74, 6) is -1.87. The highest BCUT2D eigenvalue weighted by Gasteiger charge is 2.43. The summed E-state index contributed by atoms with van der Waals surface area (Å²) in [6, 6.07) is 9.51. The van der Waals surface area contributed by atoms with Gasteiger partial charge in [0.1, 0.15) is 6.04 Å². The van der Waals surface area contributed by atoms with Crippen molar-refractivity contribution in [2.24, 2.45) is 5.92 Å². The Morgan fingerprint density at radius 3 is 2.11 bits per heavy atom. The van der Waals surface area contributed by atoms with Crippen molar-refractivity contribution >= 4 is 29.1 Å². The number of rotatable bonds is 5. The van der Waals surface area contributed by atoms with Crippen LogP contribution in [0.3, 0.4) is 0 Å². The van der Waals surface area contributed by atoms with Gasteiger partial charge < -0.3 is 5.32 Å². The summed E-state index contributed by atoms with van der Waals surface area (Å²) >= 11 is 0. The Bertz CT molecular complexity index is 964. The second kappa shape index (κ2) is 7.22. The van der Waals surface area contributed by atoms with Crippen molar-refractivity contribution in [3.63, 3.8) is 0 Å². The van der Waals surface area contributed by atoms with E-state index in [4.69, 9.17) is 0 Å². The molecule has 0 saturated carbocycles. The van der Waals surface area contributed by atoms with E-state index in [0.717, 1.165) is 4.90 Å². The number of anilines is 1. The zero-order valence-corrected chi connectivity index (χ0v) is 15.6. The summed E-state index contributed by atoms with van der Waals surface area (Å²) in [6.45, 7) is 5.13. The summed E-state index contributed by atoms with van der Waals surface area (Å²) in [4.78, 5) is 49.8. The van der Waals surface area contributed by atoms with E-state index in [9.17, 15) is 24.5 Å². The molecule has 1 N–H and O–H groups in total. The van der Waals surface area contributed by atoms with E-state index in [1.165, 1.54) is 18.2 Å². The van der Waals surface area contributed by atoms with Crippen LogP contribution >= 0.6 is 0 Å². The maximum absolute atomic E-state index is 13.0. The zero-order chi connectivity index (χ0) is 20.6. The molecule has 1 aliphatic heterocycles. The van der Waals surface area contributed by atoms with Crippen molar-refractivity contribution in [2.75, 3.05) is 5.32 Å². The number of fused-ring (bicyclic) bond motifs is 1. The van der Waals surface area contributed by atoms with E-state index in [-0.39, 0.29) is 22.7 Å². The molecule has 8 heteroatoms. The fourth-order valence-corrected chi connectivity index (χ4v) is 3.29. The topological polar surface area (TPSA) is 110 Å². The van der Waals surface area contributed by atoms with Gasteiger partial charge in [0.25, 0.3) is 17.5 Å². The van der Waals surface area contributed by atoms with E-state index < -0.39 is 28.7 Å². The van der Waals surface area contributed by atoms with Crippen LogP contribution in [0.2, 0.25) is 0 Å². The molecule has 0 fully saturated rings. The van der Waals surface area contributed by atoms with Crippen LogP contribution in [0.25, 0.3) is 0 Å². The molecule has 2 aromatic carbocycles. The van der Waals surface area contributed by atoms with Gasteiger partial charge in [-0.3, -0.25) is 29.4 Å². The molecule has 28 heavy (non-hydrogen) atoms. The molecule has 0 aliphatic carbocycles. The van der Waals surface area contributed by atoms with Gasteiger partial charge in [-0.25, -0.2) is 0 Å². The van der Waals surface area contributed by atoms with Crippen LogP contribution in [0.1, 0.15) is 40.1 Å². The van der Waals surface area contributed by atoms with Gasteiger partial charge in [-0.2, -0.15) is 0 Å². The highest BCUT2D eigenvalue weighted by Crippen LogP contribution is 2.28. The smallest absolute Gasteiger partial charge is 0.269 e. The molecule has 0 aromatic heterocycles. The van der Waals surface area contributed by atoms with Gasteiger partial charge in [-0.05, 0) is 36.6 Å². The minimum absolute atomic E-state index is 0.0868. The second-order valence-corrected chi connectivity index (χ2v) is 6.96. The summed E-state index contributed by atoms with van der Waals surface area (Å²) < 4.78 is 0. The average molecular weight is 381 g/mol. The number of hydrogen-bond acceptors (Lipinski definition) is 5. The van der Waals surface area contributed by atoms with E-state index in [0.29, 0.717) is 11.3 Å². The molecule has 1 unspecified atom stereocenters. The van der Waals surface area contributed by atoms with E-state index in [1.807, 2.05) is 0 Å². The van der Waals surface area contributed by atoms with Gasteiger partial charge in [0.2, 0.25) is 5.91 Å². The lowest BCUT2D eigenvalue weighted by atomic mass is 10.0. The molecular weight excluding hydrogens is 362 g/mol. The quantitative estimate of drug-likeness (QED) is 0.486. The molecule has 1 heterocycles. The van der Waals surface area contributed by atoms with Crippen LogP contribution in [-0.4, -0.2) is 33.6 Å². The molecule has 3 rings (SSSR count). The van der Waals surface area contributed by atoms with Crippen LogP contribution in [0.15, 0.2) is 42.5 Å². The molecule has 144 valence electrons. The number of benzene rings is 2. The monoisotopic (exact) mass is 381 g/mol. The van der Waals surface area contributed by atoms with E-state index in [2.05, 4.69) is 5.32 Å². The number of aryl methyl sites for hydroxylation is 1. The fourth-order valence-electron chi connectivity index (χ4n) is 3.29. The van der Waals surface area contributed by atoms with Crippen LogP contribution in [-0.2, 0) is 4.79 Å². The van der Waals surface area contributed by atoms with Crippen molar-refractivity contribution < 1.29 is 19.3 Å². The number of nitrogens with zero attached hydrogens (tertiary/aromatic N) is 2. The Labute approximate surface area is 161 Å². The maximum Gasteiger partial charge on any atom is 0.269 e. The molecular formula is C20H19N3O5. The first-order valence-corrected chi connectivity index (χ1v) is 8.75. The van der Waals surface area contributed by atoms with Crippen molar-refractivity contribution in [1.29, 1.82) is 0 Å². The summed E-state index contributed by atoms with van der Waals surface area (Å²) in [5.41, 5.74) is 1.36. The Kier molecular flexibility index (Phi) is 4.96. The molecule has 0 radical (unpaired) electrons. The number of nitro groups is 1. The first kappa shape index (κ1) is 19.2. The van der Waals surface area contributed by atoms with Crippen LogP contribution in [0, 0.1) is 23.0 Å². The Morgan fingerprint density at radius 2 is 1.64 bits per heavy atom. The number of amides is 3. The van der Waals surface area contributed by atoms with Crippen LogP contribution in [0.4, 0.5) is 11.4 Å². The molecule has 0 spiro atoms. The predicted octanol–water partition coefficient (Wildman–Crippen LogP) is 3.16. The molecule has 3 amide bonds. The number of carbonyl (C=O) groups is 3. The van der Waals surface area contributed by atoms with Gasteiger partial charge in [0.05, 0.1) is 16.1 Å². The highest BCUT2D eigenvalue weighted by atomic mass is 16.6. The first-order valence-electron chi connectivity index (χ1n) is 8.75. The Morgan fingerprint density at radius 1 is 1.07 bits per heavy atom. The van der Waals surface area contributed by atoms with Crippen molar-refractivity contribution in [1.82, 2.24) is 4.90 Å². The van der Waals surface area contributed by atoms with Crippen molar-refractivity contribution in [2.45, 2.75) is 26.8 Å². The van der Waals surface area contributed by atoms with Gasteiger partial charge in [-0.15, -0.1) is 0 Å². The minimum atomic E-state index is -1.01. The number of hydrogen-bond donors (Lipinski definition) is 1. The Hall–Kier alpha value is -3.55. The third-order valence-electron chi connectivity index (χ3n) is 4.68. The summed E-state index contributed by atoms with van der Waals surface area (Å²) in [6.07, 6.45) is 0. The standard InChI is InChI=1S/C20H19N3O5/c1-11(2)17(22-19(25)14-6-4-5-7-15(14)20(22)26)18(24)21-16-9-8-13(23(27)28)10-12(16)3/h4-11,17H,1-3H3,(H,21,24). The normalized spacial score (nSPS) is 14.2. The largest absolute Gasteiger partial charge is 0.324 e. The lowest BCUT2D eigenvalue weighted by Crippen LogP contribution is -2.50. The SMILES string of the molecule is Cc1cc([N+](=O)[O-])ccc1NC(=O)C(C(C)C)N1C(=O)c2ccccc2C1=O. The van der Waals surface area contributed by atoms with Gasteiger partial charge in [0.15, 0.2) is 0 Å². The maximum atomic E-state index is 13.0. The molecule has 1 aliphatic rings.